The van der Waals surface area contributed by atoms with Crippen molar-refractivity contribution in [3.63, 3.8) is 0 Å². The van der Waals surface area contributed by atoms with Crippen LogP contribution in [0, 0.1) is 0 Å². The van der Waals surface area contributed by atoms with Crippen molar-refractivity contribution >= 4 is 23.5 Å². The first-order valence-corrected chi connectivity index (χ1v) is 6.60. The molecule has 1 aromatic carbocycles. The van der Waals surface area contributed by atoms with E-state index in [4.69, 9.17) is 10.8 Å². The lowest BCUT2D eigenvalue weighted by Crippen LogP contribution is -2.43. The van der Waals surface area contributed by atoms with Crippen LogP contribution in [0.4, 0.5) is 5.69 Å². The maximum absolute atomic E-state index is 11.7. The Kier molecular flexibility index (Phi) is 6.19. The van der Waals surface area contributed by atoms with Gasteiger partial charge in [-0.15, -0.1) is 0 Å². The van der Waals surface area contributed by atoms with Crippen LogP contribution in [-0.4, -0.2) is 35.5 Å². The summed E-state index contributed by atoms with van der Waals surface area (Å²) < 4.78 is 0. The number of amides is 2. The molecular formula is C14H19N3O4. The zero-order valence-corrected chi connectivity index (χ0v) is 11.8. The molecule has 0 saturated heterocycles. The summed E-state index contributed by atoms with van der Waals surface area (Å²) in [5.74, 6) is -2.13. The van der Waals surface area contributed by atoms with Crippen molar-refractivity contribution in [3.05, 3.63) is 29.8 Å². The predicted octanol–water partition coefficient (Wildman–Crippen LogP) is 0.567. The van der Waals surface area contributed by atoms with Crippen molar-refractivity contribution in [3.8, 4) is 0 Å². The fraction of sp³-hybridized carbons (Fsp3) is 0.357. The second-order valence-corrected chi connectivity index (χ2v) is 4.51. The van der Waals surface area contributed by atoms with E-state index in [-0.39, 0.29) is 12.1 Å². The molecule has 0 saturated carbocycles. The van der Waals surface area contributed by atoms with E-state index in [0.29, 0.717) is 18.5 Å². The van der Waals surface area contributed by atoms with Crippen LogP contribution in [0.1, 0.15) is 30.1 Å². The minimum Gasteiger partial charge on any atom is -0.480 e. The molecule has 0 spiro atoms. The summed E-state index contributed by atoms with van der Waals surface area (Å²) >= 11 is 0. The van der Waals surface area contributed by atoms with Gasteiger partial charge >= 0.3 is 5.97 Å². The lowest BCUT2D eigenvalue weighted by Gasteiger charge is -2.15. The number of carboxylic acids is 1. The van der Waals surface area contributed by atoms with Gasteiger partial charge in [0, 0.05) is 5.69 Å². The Bertz CT molecular complexity index is 531. The number of nitrogens with two attached hydrogens (primary N) is 1. The van der Waals surface area contributed by atoms with Crippen molar-refractivity contribution in [2.45, 2.75) is 25.8 Å². The first-order valence-electron chi connectivity index (χ1n) is 6.60. The Morgan fingerprint density at radius 2 is 1.95 bits per heavy atom. The lowest BCUT2D eigenvalue weighted by atomic mass is 10.1. The highest BCUT2D eigenvalue weighted by atomic mass is 16.4. The van der Waals surface area contributed by atoms with E-state index in [0.717, 1.165) is 0 Å². The van der Waals surface area contributed by atoms with Crippen molar-refractivity contribution in [1.29, 1.82) is 0 Å². The SMILES string of the molecule is CCCC(NC(=O)CNc1ccccc1C(N)=O)C(=O)O. The summed E-state index contributed by atoms with van der Waals surface area (Å²) in [7, 11) is 0. The van der Waals surface area contributed by atoms with Crippen LogP contribution in [0.2, 0.25) is 0 Å². The van der Waals surface area contributed by atoms with Crippen LogP contribution in [0.25, 0.3) is 0 Å². The number of carbonyl (C=O) groups excluding carboxylic acids is 2. The molecule has 1 unspecified atom stereocenters. The molecule has 0 aliphatic rings. The standard InChI is InChI=1S/C14H19N3O4/c1-2-5-11(14(20)21)17-12(18)8-16-10-7-4-3-6-9(10)13(15)19/h3-4,6-7,11,16H,2,5,8H2,1H3,(H2,15,19)(H,17,18)(H,20,21). The number of anilines is 1. The average molecular weight is 293 g/mol. The molecule has 0 aromatic heterocycles. The molecular weight excluding hydrogens is 274 g/mol. The zero-order valence-electron chi connectivity index (χ0n) is 11.8. The summed E-state index contributed by atoms with van der Waals surface area (Å²) in [6, 6.07) is 5.61. The minimum atomic E-state index is -1.07. The Morgan fingerprint density at radius 1 is 1.29 bits per heavy atom. The van der Waals surface area contributed by atoms with E-state index in [1.54, 1.807) is 24.3 Å². The largest absolute Gasteiger partial charge is 0.480 e. The molecule has 2 amide bonds. The highest BCUT2D eigenvalue weighted by molar-refractivity contribution is 5.99. The second-order valence-electron chi connectivity index (χ2n) is 4.51. The van der Waals surface area contributed by atoms with Crippen molar-refractivity contribution in [2.75, 3.05) is 11.9 Å². The molecule has 0 fully saturated rings. The van der Waals surface area contributed by atoms with Gasteiger partial charge in [0.1, 0.15) is 6.04 Å². The summed E-state index contributed by atoms with van der Waals surface area (Å²) in [5, 5.41) is 14.2. The third kappa shape index (κ3) is 5.13. The fourth-order valence-electron chi connectivity index (χ4n) is 1.82. The summed E-state index contributed by atoms with van der Waals surface area (Å²) in [4.78, 5) is 33.9. The molecule has 0 aliphatic heterocycles. The van der Waals surface area contributed by atoms with Gasteiger partial charge in [-0.1, -0.05) is 25.5 Å². The number of nitrogens with one attached hydrogen (secondary N) is 2. The van der Waals surface area contributed by atoms with E-state index in [9.17, 15) is 14.4 Å². The smallest absolute Gasteiger partial charge is 0.326 e. The minimum absolute atomic E-state index is 0.141. The summed E-state index contributed by atoms with van der Waals surface area (Å²) in [5.41, 5.74) is 5.93. The molecule has 5 N–H and O–H groups in total. The van der Waals surface area contributed by atoms with Gasteiger partial charge in [-0.3, -0.25) is 9.59 Å². The van der Waals surface area contributed by atoms with Gasteiger partial charge in [-0.05, 0) is 18.6 Å². The normalized spacial score (nSPS) is 11.5. The highest BCUT2D eigenvalue weighted by Crippen LogP contribution is 2.13. The Labute approximate surface area is 122 Å². The molecule has 1 aromatic rings. The van der Waals surface area contributed by atoms with Crippen LogP contribution in [0.5, 0.6) is 0 Å². The summed E-state index contributed by atoms with van der Waals surface area (Å²) in [6.07, 6.45) is 1.01. The molecule has 1 rings (SSSR count). The number of hydrogen-bond donors (Lipinski definition) is 4. The van der Waals surface area contributed by atoms with Gasteiger partial charge in [0.25, 0.3) is 5.91 Å². The predicted molar refractivity (Wildman–Crippen MR) is 77.9 cm³/mol. The van der Waals surface area contributed by atoms with Crippen molar-refractivity contribution in [2.24, 2.45) is 5.73 Å². The van der Waals surface area contributed by atoms with Crippen LogP contribution >= 0.6 is 0 Å². The Balaban J connectivity index is 2.61. The maximum atomic E-state index is 11.7. The third-order valence-electron chi connectivity index (χ3n) is 2.84. The first-order chi connectivity index (χ1) is 9.95. The van der Waals surface area contributed by atoms with E-state index < -0.39 is 23.8 Å². The number of carbonyl (C=O) groups is 3. The summed E-state index contributed by atoms with van der Waals surface area (Å²) in [6.45, 7) is 1.70. The topological polar surface area (TPSA) is 122 Å². The molecule has 7 heteroatoms. The maximum Gasteiger partial charge on any atom is 0.326 e. The van der Waals surface area contributed by atoms with Gasteiger partial charge < -0.3 is 21.5 Å². The number of hydrogen-bond acceptors (Lipinski definition) is 4. The monoisotopic (exact) mass is 293 g/mol. The first kappa shape index (κ1) is 16.5. The van der Waals surface area contributed by atoms with Crippen molar-refractivity contribution < 1.29 is 19.5 Å². The Morgan fingerprint density at radius 3 is 2.52 bits per heavy atom. The second kappa shape index (κ2) is 7.88. The van der Waals surface area contributed by atoms with E-state index in [1.807, 2.05) is 6.92 Å². The van der Waals surface area contributed by atoms with Gasteiger partial charge in [0.05, 0.1) is 12.1 Å². The number of carboxylic acid groups (broad SMARTS) is 1. The number of aliphatic carboxylic acids is 1. The van der Waals surface area contributed by atoms with Crippen LogP contribution in [0.3, 0.4) is 0 Å². The van der Waals surface area contributed by atoms with Gasteiger partial charge in [-0.25, -0.2) is 4.79 Å². The van der Waals surface area contributed by atoms with E-state index >= 15 is 0 Å². The zero-order chi connectivity index (χ0) is 15.8. The van der Waals surface area contributed by atoms with Crippen LogP contribution < -0.4 is 16.4 Å². The molecule has 7 nitrogen and oxygen atoms in total. The molecule has 1 atom stereocenters. The molecule has 114 valence electrons. The molecule has 0 radical (unpaired) electrons. The lowest BCUT2D eigenvalue weighted by molar-refractivity contribution is -0.141. The third-order valence-corrected chi connectivity index (χ3v) is 2.84. The highest BCUT2D eigenvalue weighted by Gasteiger charge is 2.18. The molecule has 0 aliphatic carbocycles. The quantitative estimate of drug-likeness (QED) is 0.558. The van der Waals surface area contributed by atoms with Gasteiger partial charge in [0.2, 0.25) is 5.91 Å². The number of rotatable bonds is 8. The van der Waals surface area contributed by atoms with E-state index in [1.165, 1.54) is 0 Å². The fourth-order valence-corrected chi connectivity index (χ4v) is 1.82. The van der Waals surface area contributed by atoms with Gasteiger partial charge in [0.15, 0.2) is 0 Å². The number of primary amides is 1. The number of benzene rings is 1. The molecule has 21 heavy (non-hydrogen) atoms. The van der Waals surface area contributed by atoms with E-state index in [2.05, 4.69) is 10.6 Å². The van der Waals surface area contributed by atoms with Crippen LogP contribution in [0.15, 0.2) is 24.3 Å². The van der Waals surface area contributed by atoms with Crippen LogP contribution in [-0.2, 0) is 9.59 Å². The Hall–Kier alpha value is -2.57. The van der Waals surface area contributed by atoms with Gasteiger partial charge in [-0.2, -0.15) is 0 Å². The molecule has 0 bridgehead atoms. The average Bonchev–Trinajstić information content (AvgIpc) is 2.44. The molecule has 0 heterocycles. The number of para-hydroxylation sites is 1. The van der Waals surface area contributed by atoms with Crippen molar-refractivity contribution in [1.82, 2.24) is 5.32 Å².